The second-order valence-corrected chi connectivity index (χ2v) is 3.85. The summed E-state index contributed by atoms with van der Waals surface area (Å²) in [5, 5.41) is 3.71. The number of nitrogens with zero attached hydrogens (tertiary/aromatic N) is 1. The maximum absolute atomic E-state index is 13.2. The van der Waals surface area contributed by atoms with Crippen LogP contribution in [-0.2, 0) is 4.84 Å². The average Bonchev–Trinajstić information content (AvgIpc) is 2.76. The van der Waals surface area contributed by atoms with Gasteiger partial charge in [0.2, 0.25) is 0 Å². The van der Waals surface area contributed by atoms with Gasteiger partial charge in [0.05, 0.1) is 11.6 Å². The van der Waals surface area contributed by atoms with Crippen LogP contribution >= 0.6 is 11.6 Å². The summed E-state index contributed by atoms with van der Waals surface area (Å²) in [6, 6.07) is 3.54. The van der Waals surface area contributed by atoms with Gasteiger partial charge in [0.1, 0.15) is 6.61 Å². The van der Waals surface area contributed by atoms with E-state index in [4.69, 9.17) is 21.2 Å². The van der Waals surface area contributed by atoms with Gasteiger partial charge in [0.15, 0.2) is 23.5 Å². The third-order valence-corrected chi connectivity index (χ3v) is 2.59. The van der Waals surface area contributed by atoms with Crippen LogP contribution < -0.4 is 4.74 Å². The van der Waals surface area contributed by atoms with E-state index in [1.807, 2.05) is 0 Å². The topological polar surface area (TPSA) is 30.8 Å². The molecule has 0 fully saturated rings. The first-order chi connectivity index (χ1) is 8.20. The summed E-state index contributed by atoms with van der Waals surface area (Å²) in [6.07, 6.45) is 0.169. The number of halogens is 3. The minimum absolute atomic E-state index is 0.0295. The fourth-order valence-corrected chi connectivity index (χ4v) is 1.61. The highest BCUT2D eigenvalue weighted by Gasteiger charge is 2.22. The highest BCUT2D eigenvalue weighted by molar-refractivity contribution is 6.28. The van der Waals surface area contributed by atoms with Crippen molar-refractivity contribution in [2.24, 2.45) is 5.16 Å². The van der Waals surface area contributed by atoms with E-state index in [0.717, 1.165) is 12.1 Å². The molecule has 17 heavy (non-hydrogen) atoms. The molecule has 0 aromatic heterocycles. The summed E-state index contributed by atoms with van der Waals surface area (Å²) in [4.78, 5) is 4.99. The molecule has 0 saturated heterocycles. The molecule has 1 unspecified atom stereocenters. The van der Waals surface area contributed by atoms with Gasteiger partial charge in [0.25, 0.3) is 0 Å². The molecular weight excluding hydrogens is 252 g/mol. The van der Waals surface area contributed by atoms with E-state index in [1.54, 1.807) is 0 Å². The zero-order valence-corrected chi connectivity index (χ0v) is 9.58. The summed E-state index contributed by atoms with van der Waals surface area (Å²) in [5.41, 5.74) is 0.703. The minimum Gasteiger partial charge on any atom is -0.484 e. The summed E-state index contributed by atoms with van der Waals surface area (Å²) in [6.45, 7) is 0.0295. The smallest absolute Gasteiger partial charge is 0.190 e. The first kappa shape index (κ1) is 12.1. The molecule has 2 rings (SSSR count). The lowest BCUT2D eigenvalue weighted by molar-refractivity contribution is 0.0447. The van der Waals surface area contributed by atoms with Crippen molar-refractivity contribution in [3.05, 3.63) is 29.8 Å². The molecule has 0 N–H and O–H groups in total. The van der Waals surface area contributed by atoms with Crippen LogP contribution in [0, 0.1) is 11.6 Å². The van der Waals surface area contributed by atoms with Crippen LogP contribution in [0.15, 0.2) is 23.4 Å². The molecule has 1 aliphatic heterocycles. The molecule has 1 aromatic carbocycles. The van der Waals surface area contributed by atoms with E-state index in [1.165, 1.54) is 6.07 Å². The maximum Gasteiger partial charge on any atom is 0.190 e. The molecule has 1 aromatic rings. The zero-order valence-electron chi connectivity index (χ0n) is 8.83. The Balaban J connectivity index is 1.91. The Labute approximate surface area is 102 Å². The molecule has 0 bridgehead atoms. The van der Waals surface area contributed by atoms with Crippen LogP contribution in [0.5, 0.6) is 5.75 Å². The normalized spacial score (nSPS) is 18.8. The van der Waals surface area contributed by atoms with Gasteiger partial charge in [-0.2, -0.15) is 0 Å². The second-order valence-electron chi connectivity index (χ2n) is 3.58. The van der Waals surface area contributed by atoms with Crippen LogP contribution in [0.1, 0.15) is 6.42 Å². The van der Waals surface area contributed by atoms with Gasteiger partial charge >= 0.3 is 0 Å². The molecule has 0 amide bonds. The summed E-state index contributed by atoms with van der Waals surface area (Å²) >= 11 is 5.57. The van der Waals surface area contributed by atoms with Crippen molar-refractivity contribution in [1.82, 2.24) is 0 Å². The van der Waals surface area contributed by atoms with Crippen molar-refractivity contribution in [3.63, 3.8) is 0 Å². The molecule has 1 atom stereocenters. The van der Waals surface area contributed by atoms with Crippen molar-refractivity contribution in [2.45, 2.75) is 12.5 Å². The van der Waals surface area contributed by atoms with Crippen LogP contribution in [0.25, 0.3) is 0 Å². The van der Waals surface area contributed by atoms with Gasteiger partial charge < -0.3 is 9.57 Å². The standard InChI is InChI=1S/C11H10ClF2NO2/c12-5-7-4-8(17-15-7)6-16-11-9(13)2-1-3-10(11)14/h1-3,8H,4-6H2. The number of hydrogen-bond donors (Lipinski definition) is 0. The van der Waals surface area contributed by atoms with E-state index >= 15 is 0 Å². The van der Waals surface area contributed by atoms with E-state index in [9.17, 15) is 8.78 Å². The molecule has 1 aliphatic rings. The van der Waals surface area contributed by atoms with Crippen molar-refractivity contribution >= 4 is 17.3 Å². The van der Waals surface area contributed by atoms with Crippen molar-refractivity contribution < 1.29 is 18.4 Å². The highest BCUT2D eigenvalue weighted by Crippen LogP contribution is 2.22. The van der Waals surface area contributed by atoms with E-state index in [-0.39, 0.29) is 18.6 Å². The minimum atomic E-state index is -0.735. The second kappa shape index (κ2) is 5.31. The fraction of sp³-hybridized carbons (Fsp3) is 0.364. The predicted molar refractivity (Wildman–Crippen MR) is 59.5 cm³/mol. The van der Waals surface area contributed by atoms with Gasteiger partial charge in [-0.25, -0.2) is 8.78 Å². The lowest BCUT2D eigenvalue weighted by Crippen LogP contribution is -2.19. The lowest BCUT2D eigenvalue weighted by Gasteiger charge is -2.11. The summed E-state index contributed by atoms with van der Waals surface area (Å²) < 4.78 is 31.5. The van der Waals surface area contributed by atoms with Gasteiger partial charge in [-0.05, 0) is 12.1 Å². The third kappa shape index (κ3) is 2.85. The Morgan fingerprint density at radius 1 is 1.41 bits per heavy atom. The molecular formula is C11H10ClF2NO2. The van der Waals surface area contributed by atoms with Gasteiger partial charge in [-0.3, -0.25) is 0 Å². The zero-order chi connectivity index (χ0) is 12.3. The number of rotatable bonds is 4. The monoisotopic (exact) mass is 261 g/mol. The number of ether oxygens (including phenoxy) is 1. The largest absolute Gasteiger partial charge is 0.484 e. The fourth-order valence-electron chi connectivity index (χ4n) is 1.45. The Kier molecular flexibility index (Phi) is 3.78. The number of alkyl halides is 1. The molecule has 0 aliphatic carbocycles. The molecule has 1 heterocycles. The number of hydrogen-bond acceptors (Lipinski definition) is 3. The average molecular weight is 262 g/mol. The van der Waals surface area contributed by atoms with Crippen molar-refractivity contribution in [3.8, 4) is 5.75 Å². The number of para-hydroxylation sites is 1. The van der Waals surface area contributed by atoms with Crippen LogP contribution in [0.3, 0.4) is 0 Å². The Hall–Kier alpha value is -1.36. The lowest BCUT2D eigenvalue weighted by atomic mass is 10.2. The van der Waals surface area contributed by atoms with Crippen molar-refractivity contribution in [1.29, 1.82) is 0 Å². The molecule has 3 nitrogen and oxygen atoms in total. The van der Waals surface area contributed by atoms with Gasteiger partial charge in [-0.15, -0.1) is 11.6 Å². The molecule has 92 valence electrons. The SMILES string of the molecule is Fc1cccc(F)c1OCC1CC(CCl)=NO1. The molecule has 0 saturated carbocycles. The summed E-state index contributed by atoms with van der Waals surface area (Å²) in [7, 11) is 0. The number of benzene rings is 1. The molecule has 0 radical (unpaired) electrons. The van der Waals surface area contributed by atoms with E-state index in [0.29, 0.717) is 12.1 Å². The molecule has 0 spiro atoms. The Morgan fingerprint density at radius 2 is 2.12 bits per heavy atom. The summed E-state index contributed by atoms with van der Waals surface area (Å²) in [5.74, 6) is -1.58. The Morgan fingerprint density at radius 3 is 2.71 bits per heavy atom. The first-order valence-electron chi connectivity index (χ1n) is 5.05. The third-order valence-electron chi connectivity index (χ3n) is 2.28. The number of oxime groups is 1. The van der Waals surface area contributed by atoms with E-state index < -0.39 is 17.4 Å². The quantitative estimate of drug-likeness (QED) is 0.781. The predicted octanol–water partition coefficient (Wildman–Crippen LogP) is 2.73. The molecule has 6 heteroatoms. The van der Waals surface area contributed by atoms with E-state index in [2.05, 4.69) is 5.16 Å². The van der Waals surface area contributed by atoms with Gasteiger partial charge in [-0.1, -0.05) is 11.2 Å². The van der Waals surface area contributed by atoms with Crippen molar-refractivity contribution in [2.75, 3.05) is 12.5 Å². The van der Waals surface area contributed by atoms with Crippen LogP contribution in [-0.4, -0.2) is 24.3 Å². The van der Waals surface area contributed by atoms with Crippen LogP contribution in [0.2, 0.25) is 0 Å². The first-order valence-corrected chi connectivity index (χ1v) is 5.58. The van der Waals surface area contributed by atoms with Crippen LogP contribution in [0.4, 0.5) is 8.78 Å². The van der Waals surface area contributed by atoms with Gasteiger partial charge in [0, 0.05) is 6.42 Å². The maximum atomic E-state index is 13.2. The highest BCUT2D eigenvalue weighted by atomic mass is 35.5. The Bertz CT molecular complexity index is 419.